The Labute approximate surface area is 120 Å². The average Bonchev–Trinajstić information content (AvgIpc) is 2.37. The second-order valence-electron chi connectivity index (χ2n) is 3.60. The van der Waals surface area contributed by atoms with E-state index in [9.17, 15) is 4.79 Å². The Morgan fingerprint density at radius 3 is 2.83 bits per heavy atom. The number of benzene rings is 1. The average molecular weight is 333 g/mol. The summed E-state index contributed by atoms with van der Waals surface area (Å²) in [6.45, 7) is 1.01. The highest BCUT2D eigenvalue weighted by atomic mass is 79.9. The number of hydrogen-bond acceptors (Lipinski definition) is 4. The first-order valence-electron chi connectivity index (χ1n) is 5.76. The minimum Gasteiger partial charge on any atom is -0.492 e. The number of thioether (sulfide) groups is 1. The Morgan fingerprint density at radius 2 is 2.11 bits per heavy atom. The van der Waals surface area contributed by atoms with Crippen LogP contribution in [0, 0.1) is 0 Å². The van der Waals surface area contributed by atoms with Gasteiger partial charge in [-0.3, -0.25) is 4.79 Å². The van der Waals surface area contributed by atoms with E-state index in [4.69, 9.17) is 9.47 Å². The highest BCUT2D eigenvalue weighted by Gasteiger charge is 2.03. The summed E-state index contributed by atoms with van der Waals surface area (Å²) in [7, 11) is 0. The Morgan fingerprint density at radius 1 is 1.33 bits per heavy atom. The molecule has 0 unspecified atom stereocenters. The van der Waals surface area contributed by atoms with Gasteiger partial charge in [-0.25, -0.2) is 0 Å². The zero-order valence-electron chi connectivity index (χ0n) is 10.4. The normalized spacial score (nSPS) is 10.1. The Balaban J connectivity index is 2.12. The fourth-order valence-electron chi connectivity index (χ4n) is 1.27. The van der Waals surface area contributed by atoms with Crippen molar-refractivity contribution in [2.24, 2.45) is 0 Å². The molecule has 1 aromatic rings. The summed E-state index contributed by atoms with van der Waals surface area (Å²) in [4.78, 5) is 11.3. The topological polar surface area (TPSA) is 35.5 Å². The lowest BCUT2D eigenvalue weighted by Gasteiger charge is -2.07. The van der Waals surface area contributed by atoms with Crippen LogP contribution < -0.4 is 4.74 Å². The van der Waals surface area contributed by atoms with Crippen LogP contribution in [-0.4, -0.2) is 31.2 Å². The van der Waals surface area contributed by atoms with Crippen LogP contribution in [0.25, 0.3) is 0 Å². The second-order valence-corrected chi connectivity index (χ2v) is 5.44. The third-order valence-electron chi connectivity index (χ3n) is 2.17. The molecule has 0 aliphatic heterocycles. The van der Waals surface area contributed by atoms with E-state index < -0.39 is 0 Å². The monoisotopic (exact) mass is 332 g/mol. The molecule has 0 atom stereocenters. The molecule has 0 saturated heterocycles. The van der Waals surface area contributed by atoms with Gasteiger partial charge < -0.3 is 9.47 Å². The highest BCUT2D eigenvalue weighted by molar-refractivity contribution is 9.10. The largest absolute Gasteiger partial charge is 0.492 e. The van der Waals surface area contributed by atoms with Gasteiger partial charge in [-0.15, -0.1) is 0 Å². The van der Waals surface area contributed by atoms with Crippen molar-refractivity contribution in [1.29, 1.82) is 0 Å². The predicted octanol–water partition coefficient (Wildman–Crippen LogP) is 3.51. The van der Waals surface area contributed by atoms with Crippen molar-refractivity contribution < 1.29 is 14.3 Å². The van der Waals surface area contributed by atoms with Gasteiger partial charge in [-0.05, 0) is 40.7 Å². The van der Waals surface area contributed by atoms with Gasteiger partial charge >= 0.3 is 5.97 Å². The van der Waals surface area contributed by atoms with Crippen LogP contribution in [0.5, 0.6) is 5.75 Å². The van der Waals surface area contributed by atoms with Crippen molar-refractivity contribution in [3.8, 4) is 5.75 Å². The van der Waals surface area contributed by atoms with E-state index in [2.05, 4.69) is 15.9 Å². The van der Waals surface area contributed by atoms with E-state index in [-0.39, 0.29) is 5.97 Å². The van der Waals surface area contributed by atoms with Crippen LogP contribution in [-0.2, 0) is 9.53 Å². The Hall–Kier alpha value is -0.680. The van der Waals surface area contributed by atoms with Crippen molar-refractivity contribution in [2.45, 2.75) is 12.8 Å². The molecule has 5 heteroatoms. The van der Waals surface area contributed by atoms with Crippen molar-refractivity contribution in [3.05, 3.63) is 28.7 Å². The van der Waals surface area contributed by atoms with Crippen LogP contribution in [0.4, 0.5) is 0 Å². The molecular weight excluding hydrogens is 316 g/mol. The van der Waals surface area contributed by atoms with E-state index in [1.54, 1.807) is 11.8 Å². The zero-order chi connectivity index (χ0) is 13.2. The quantitative estimate of drug-likeness (QED) is 0.539. The molecule has 3 nitrogen and oxygen atoms in total. The van der Waals surface area contributed by atoms with E-state index in [0.29, 0.717) is 26.1 Å². The molecule has 0 spiro atoms. The van der Waals surface area contributed by atoms with Crippen LogP contribution in [0.3, 0.4) is 0 Å². The molecule has 0 saturated carbocycles. The van der Waals surface area contributed by atoms with Crippen LogP contribution >= 0.6 is 27.7 Å². The van der Waals surface area contributed by atoms with Crippen LogP contribution in [0.2, 0.25) is 0 Å². The standard InChI is InChI=1S/C13H17BrO3S/c1-18-10-9-17-13(15)7-4-8-16-12-6-3-2-5-11(12)14/h2-3,5-6H,4,7-10H2,1H3. The molecule has 0 radical (unpaired) electrons. The van der Waals surface area contributed by atoms with Gasteiger partial charge in [-0.2, -0.15) is 11.8 Å². The second kappa shape index (κ2) is 9.28. The van der Waals surface area contributed by atoms with E-state index in [1.807, 2.05) is 30.5 Å². The van der Waals surface area contributed by atoms with Crippen molar-refractivity contribution >= 4 is 33.7 Å². The summed E-state index contributed by atoms with van der Waals surface area (Å²) in [5.74, 6) is 1.49. The van der Waals surface area contributed by atoms with E-state index in [1.165, 1.54) is 0 Å². The first kappa shape index (κ1) is 15.4. The van der Waals surface area contributed by atoms with Gasteiger partial charge in [0.15, 0.2) is 0 Å². The van der Waals surface area contributed by atoms with Gasteiger partial charge in [0.1, 0.15) is 12.4 Å². The van der Waals surface area contributed by atoms with E-state index in [0.717, 1.165) is 16.0 Å². The highest BCUT2D eigenvalue weighted by Crippen LogP contribution is 2.23. The molecule has 0 amide bonds. The molecule has 100 valence electrons. The Kier molecular flexibility index (Phi) is 7.93. The number of carbonyl (C=O) groups excluding carboxylic acids is 1. The first-order valence-corrected chi connectivity index (χ1v) is 7.94. The van der Waals surface area contributed by atoms with Gasteiger partial charge in [0.05, 0.1) is 11.1 Å². The molecule has 1 aromatic carbocycles. The molecule has 0 aliphatic rings. The smallest absolute Gasteiger partial charge is 0.305 e. The lowest BCUT2D eigenvalue weighted by atomic mass is 10.3. The lowest BCUT2D eigenvalue weighted by Crippen LogP contribution is -2.09. The SMILES string of the molecule is CSCCOC(=O)CCCOc1ccccc1Br. The van der Waals surface area contributed by atoms with Gasteiger partial charge in [-0.1, -0.05) is 12.1 Å². The number of para-hydroxylation sites is 1. The maximum absolute atomic E-state index is 11.3. The zero-order valence-corrected chi connectivity index (χ0v) is 12.8. The van der Waals surface area contributed by atoms with Crippen molar-refractivity contribution in [1.82, 2.24) is 0 Å². The Bertz CT molecular complexity index is 371. The van der Waals surface area contributed by atoms with E-state index >= 15 is 0 Å². The number of ether oxygens (including phenoxy) is 2. The number of carbonyl (C=O) groups is 1. The third-order valence-corrected chi connectivity index (χ3v) is 3.40. The summed E-state index contributed by atoms with van der Waals surface area (Å²) in [6.07, 6.45) is 3.05. The molecule has 0 N–H and O–H groups in total. The minimum absolute atomic E-state index is 0.153. The molecule has 1 rings (SSSR count). The van der Waals surface area contributed by atoms with Crippen molar-refractivity contribution in [2.75, 3.05) is 25.2 Å². The molecule has 0 aromatic heterocycles. The molecule has 0 aliphatic carbocycles. The number of hydrogen-bond donors (Lipinski definition) is 0. The molecule has 0 bridgehead atoms. The van der Waals surface area contributed by atoms with Gasteiger partial charge in [0.25, 0.3) is 0 Å². The fraction of sp³-hybridized carbons (Fsp3) is 0.462. The molecule has 18 heavy (non-hydrogen) atoms. The summed E-state index contributed by atoms with van der Waals surface area (Å²) in [5.41, 5.74) is 0. The first-order chi connectivity index (χ1) is 8.74. The van der Waals surface area contributed by atoms with Gasteiger partial charge in [0.2, 0.25) is 0 Å². The maximum Gasteiger partial charge on any atom is 0.305 e. The summed E-state index contributed by atoms with van der Waals surface area (Å²) in [5, 5.41) is 0. The molecule has 0 heterocycles. The summed E-state index contributed by atoms with van der Waals surface area (Å²) >= 11 is 5.06. The number of esters is 1. The third kappa shape index (κ3) is 6.31. The van der Waals surface area contributed by atoms with Gasteiger partial charge in [0, 0.05) is 12.2 Å². The number of halogens is 1. The fourth-order valence-corrected chi connectivity index (χ4v) is 1.92. The van der Waals surface area contributed by atoms with Crippen LogP contribution in [0.1, 0.15) is 12.8 Å². The molecular formula is C13H17BrO3S. The minimum atomic E-state index is -0.153. The van der Waals surface area contributed by atoms with Crippen LogP contribution in [0.15, 0.2) is 28.7 Å². The molecule has 0 fully saturated rings. The lowest BCUT2D eigenvalue weighted by molar-refractivity contribution is -0.143. The maximum atomic E-state index is 11.3. The summed E-state index contributed by atoms with van der Waals surface area (Å²) in [6, 6.07) is 7.66. The summed E-state index contributed by atoms with van der Waals surface area (Å²) < 4.78 is 11.5. The number of rotatable bonds is 8. The van der Waals surface area contributed by atoms with Crippen molar-refractivity contribution in [3.63, 3.8) is 0 Å². The predicted molar refractivity (Wildman–Crippen MR) is 78.2 cm³/mol.